The van der Waals surface area contributed by atoms with Crippen LogP contribution in [0.3, 0.4) is 0 Å². The van der Waals surface area contributed by atoms with E-state index in [0.29, 0.717) is 23.4 Å². The molecule has 0 aromatic heterocycles. The normalized spacial score (nSPS) is 10.3. The molecule has 2 aromatic rings. The minimum absolute atomic E-state index is 0.110. The maximum absolute atomic E-state index is 12.2. The van der Waals surface area contributed by atoms with Gasteiger partial charge in [-0.15, -0.1) is 0 Å². The molecule has 0 heterocycles. The molecule has 0 aliphatic carbocycles. The van der Waals surface area contributed by atoms with Crippen LogP contribution in [-0.2, 0) is 6.61 Å². The second-order valence-corrected chi connectivity index (χ2v) is 6.00. The molecule has 0 aliphatic rings. The summed E-state index contributed by atoms with van der Waals surface area (Å²) in [5.41, 5.74) is 1.98. The van der Waals surface area contributed by atoms with E-state index >= 15 is 0 Å². The Labute approximate surface area is 148 Å². The molecule has 0 spiro atoms. The molecule has 5 heteroatoms. The van der Waals surface area contributed by atoms with Gasteiger partial charge in [0.2, 0.25) is 0 Å². The Hall–Kier alpha value is -2.84. The summed E-state index contributed by atoms with van der Waals surface area (Å²) in [6.45, 7) is 1.86. The van der Waals surface area contributed by atoms with Gasteiger partial charge in [-0.1, -0.05) is 24.3 Å². The average molecular weight is 337 g/mol. The van der Waals surface area contributed by atoms with Gasteiger partial charge in [0.15, 0.2) is 0 Å². The number of benzene rings is 2. The highest BCUT2D eigenvalue weighted by Crippen LogP contribution is 2.16. The van der Waals surface area contributed by atoms with Gasteiger partial charge in [0.25, 0.3) is 5.91 Å². The lowest BCUT2D eigenvalue weighted by Gasteiger charge is -2.11. The lowest BCUT2D eigenvalue weighted by atomic mass is 10.1. The molecule has 0 bridgehead atoms. The number of hydrogen-bond donors (Lipinski definition) is 1. The number of nitriles is 1. The lowest BCUT2D eigenvalue weighted by Crippen LogP contribution is -2.27. The van der Waals surface area contributed by atoms with Crippen LogP contribution in [0.1, 0.15) is 27.9 Å². The molecule has 0 unspecified atom stereocenters. The number of hydrogen-bond acceptors (Lipinski definition) is 4. The molecule has 1 N–H and O–H groups in total. The number of nitrogens with zero attached hydrogens (tertiary/aromatic N) is 2. The monoisotopic (exact) mass is 337 g/mol. The first kappa shape index (κ1) is 18.5. The maximum Gasteiger partial charge on any atom is 0.251 e. The smallest absolute Gasteiger partial charge is 0.251 e. The minimum atomic E-state index is -0.110. The zero-order chi connectivity index (χ0) is 18.1. The standard InChI is InChI=1S/C20H23N3O2/c1-23(2)12-6-11-22-20(24)16-9-5-10-19(13-16)25-15-18-8-4-3-7-17(18)14-21/h3-5,7-10,13H,6,11-12,15H2,1-2H3,(H,22,24). The van der Waals surface area contributed by atoms with Gasteiger partial charge in [-0.25, -0.2) is 0 Å². The summed E-state index contributed by atoms with van der Waals surface area (Å²) in [6, 6.07) is 16.5. The van der Waals surface area contributed by atoms with Gasteiger partial charge in [0, 0.05) is 17.7 Å². The number of ether oxygens (including phenoxy) is 1. The van der Waals surface area contributed by atoms with Gasteiger partial charge in [-0.05, 0) is 51.3 Å². The summed E-state index contributed by atoms with van der Waals surface area (Å²) in [6.07, 6.45) is 0.903. The number of nitrogens with one attached hydrogen (secondary N) is 1. The summed E-state index contributed by atoms with van der Waals surface area (Å²) in [7, 11) is 4.01. The SMILES string of the molecule is CN(C)CCCNC(=O)c1cccc(OCc2ccccc2C#N)c1. The van der Waals surface area contributed by atoms with Crippen LogP contribution in [0.15, 0.2) is 48.5 Å². The fourth-order valence-electron chi connectivity index (χ4n) is 2.34. The molecule has 0 fully saturated rings. The highest BCUT2D eigenvalue weighted by atomic mass is 16.5. The Balaban J connectivity index is 1.92. The molecule has 2 rings (SSSR count). The van der Waals surface area contributed by atoms with Crippen molar-refractivity contribution in [2.24, 2.45) is 0 Å². The molecular formula is C20H23N3O2. The Bertz CT molecular complexity index is 751. The van der Waals surface area contributed by atoms with E-state index < -0.39 is 0 Å². The summed E-state index contributed by atoms with van der Waals surface area (Å²) < 4.78 is 5.74. The largest absolute Gasteiger partial charge is 0.489 e. The van der Waals surface area contributed by atoms with Crippen LogP contribution >= 0.6 is 0 Å². The Kier molecular flexibility index (Phi) is 7.00. The van der Waals surface area contributed by atoms with E-state index in [0.717, 1.165) is 18.5 Å². The van der Waals surface area contributed by atoms with Crippen LogP contribution in [0.25, 0.3) is 0 Å². The Morgan fingerprint density at radius 3 is 2.76 bits per heavy atom. The topological polar surface area (TPSA) is 65.4 Å². The van der Waals surface area contributed by atoms with Crippen molar-refractivity contribution in [1.29, 1.82) is 5.26 Å². The van der Waals surface area contributed by atoms with Crippen LogP contribution in [0, 0.1) is 11.3 Å². The third kappa shape index (κ3) is 5.94. The van der Waals surface area contributed by atoms with E-state index in [1.807, 2.05) is 32.3 Å². The quantitative estimate of drug-likeness (QED) is 0.752. The second kappa shape index (κ2) is 9.45. The van der Waals surface area contributed by atoms with E-state index in [4.69, 9.17) is 10.00 Å². The Morgan fingerprint density at radius 1 is 1.20 bits per heavy atom. The predicted molar refractivity (Wildman–Crippen MR) is 97.4 cm³/mol. The first-order valence-electron chi connectivity index (χ1n) is 8.24. The van der Waals surface area contributed by atoms with Crippen molar-refractivity contribution in [2.45, 2.75) is 13.0 Å². The van der Waals surface area contributed by atoms with E-state index in [-0.39, 0.29) is 12.5 Å². The molecular weight excluding hydrogens is 314 g/mol. The second-order valence-electron chi connectivity index (χ2n) is 6.00. The molecule has 0 atom stereocenters. The van der Waals surface area contributed by atoms with Gasteiger partial charge in [-0.3, -0.25) is 4.79 Å². The molecule has 130 valence electrons. The molecule has 0 radical (unpaired) electrons. The van der Waals surface area contributed by atoms with Gasteiger partial charge in [-0.2, -0.15) is 5.26 Å². The third-order valence-electron chi connectivity index (χ3n) is 3.70. The van der Waals surface area contributed by atoms with Crippen LogP contribution in [0.5, 0.6) is 5.75 Å². The lowest BCUT2D eigenvalue weighted by molar-refractivity contribution is 0.0952. The number of rotatable bonds is 8. The fourth-order valence-corrected chi connectivity index (χ4v) is 2.34. The molecule has 5 nitrogen and oxygen atoms in total. The van der Waals surface area contributed by atoms with Crippen LogP contribution in [-0.4, -0.2) is 38.0 Å². The van der Waals surface area contributed by atoms with Crippen molar-refractivity contribution >= 4 is 5.91 Å². The number of carbonyl (C=O) groups excluding carboxylic acids is 1. The zero-order valence-corrected chi connectivity index (χ0v) is 14.7. The molecule has 0 saturated heterocycles. The summed E-state index contributed by atoms with van der Waals surface area (Å²) >= 11 is 0. The minimum Gasteiger partial charge on any atom is -0.489 e. The molecule has 0 aliphatic heterocycles. The summed E-state index contributed by atoms with van der Waals surface area (Å²) in [4.78, 5) is 14.3. The summed E-state index contributed by atoms with van der Waals surface area (Å²) in [5, 5.41) is 12.0. The van der Waals surface area contributed by atoms with Crippen molar-refractivity contribution in [2.75, 3.05) is 27.2 Å². The van der Waals surface area contributed by atoms with Gasteiger partial charge in [0.05, 0.1) is 11.6 Å². The van der Waals surface area contributed by atoms with Gasteiger partial charge in [0.1, 0.15) is 12.4 Å². The van der Waals surface area contributed by atoms with E-state index in [1.54, 1.807) is 30.3 Å². The van der Waals surface area contributed by atoms with Crippen molar-refractivity contribution in [1.82, 2.24) is 10.2 Å². The van der Waals surface area contributed by atoms with Crippen LogP contribution in [0.4, 0.5) is 0 Å². The van der Waals surface area contributed by atoms with E-state index in [9.17, 15) is 4.79 Å². The van der Waals surface area contributed by atoms with E-state index in [2.05, 4.69) is 16.3 Å². The molecule has 1 amide bonds. The van der Waals surface area contributed by atoms with Crippen molar-refractivity contribution in [3.05, 3.63) is 65.2 Å². The first-order valence-corrected chi connectivity index (χ1v) is 8.24. The van der Waals surface area contributed by atoms with Crippen LogP contribution in [0.2, 0.25) is 0 Å². The van der Waals surface area contributed by atoms with Crippen molar-refractivity contribution in [3.63, 3.8) is 0 Å². The average Bonchev–Trinajstić information content (AvgIpc) is 2.63. The molecule has 2 aromatic carbocycles. The zero-order valence-electron chi connectivity index (χ0n) is 14.7. The fraction of sp³-hybridized carbons (Fsp3) is 0.300. The highest BCUT2D eigenvalue weighted by molar-refractivity contribution is 5.94. The maximum atomic E-state index is 12.2. The Morgan fingerprint density at radius 2 is 2.00 bits per heavy atom. The van der Waals surface area contributed by atoms with E-state index in [1.165, 1.54) is 0 Å². The predicted octanol–water partition coefficient (Wildman–Crippen LogP) is 2.82. The van der Waals surface area contributed by atoms with Gasteiger partial charge < -0.3 is 15.0 Å². The first-order chi connectivity index (χ1) is 12.1. The molecule has 25 heavy (non-hydrogen) atoms. The van der Waals surface area contributed by atoms with Gasteiger partial charge >= 0.3 is 0 Å². The van der Waals surface area contributed by atoms with Crippen molar-refractivity contribution < 1.29 is 9.53 Å². The number of carbonyl (C=O) groups is 1. The number of amides is 1. The third-order valence-corrected chi connectivity index (χ3v) is 3.70. The highest BCUT2D eigenvalue weighted by Gasteiger charge is 2.07. The molecule has 0 saturated carbocycles. The summed E-state index contributed by atoms with van der Waals surface area (Å²) in [5.74, 6) is 0.496. The van der Waals surface area contributed by atoms with Crippen LogP contribution < -0.4 is 10.1 Å². The van der Waals surface area contributed by atoms with Crippen molar-refractivity contribution in [3.8, 4) is 11.8 Å².